The summed E-state index contributed by atoms with van der Waals surface area (Å²) in [4.78, 5) is 13.6. The lowest BCUT2D eigenvalue weighted by Crippen LogP contribution is -2.65. The van der Waals surface area contributed by atoms with Crippen LogP contribution in [0.2, 0.25) is 0 Å². The van der Waals surface area contributed by atoms with Gasteiger partial charge in [0.1, 0.15) is 6.10 Å². The van der Waals surface area contributed by atoms with Gasteiger partial charge in [-0.05, 0) is 6.42 Å². The molecule has 0 bridgehead atoms. The molecule has 0 saturated carbocycles. The smallest absolute Gasteiger partial charge is 0.222 e. The van der Waals surface area contributed by atoms with Crippen molar-refractivity contribution in [2.75, 3.05) is 13.1 Å². The van der Waals surface area contributed by atoms with Gasteiger partial charge in [0.15, 0.2) is 0 Å². The molecule has 4 N–H and O–H groups in total. The van der Waals surface area contributed by atoms with Gasteiger partial charge in [-0.2, -0.15) is 0 Å². The van der Waals surface area contributed by atoms with Gasteiger partial charge in [-0.25, -0.2) is 0 Å². The molecule has 2 aliphatic rings. The molecule has 0 aliphatic carbocycles. The highest BCUT2D eigenvalue weighted by molar-refractivity contribution is 5.78. The Kier molecular flexibility index (Phi) is 3.91. The first-order valence-electron chi connectivity index (χ1n) is 6.50. The van der Waals surface area contributed by atoms with Gasteiger partial charge in [0.25, 0.3) is 0 Å². The van der Waals surface area contributed by atoms with E-state index in [1.807, 2.05) is 4.90 Å². The number of nitrogens with zero attached hydrogens (tertiary/aromatic N) is 1. The maximum absolute atomic E-state index is 11.6. The summed E-state index contributed by atoms with van der Waals surface area (Å²) in [6, 6.07) is -0.886. The van der Waals surface area contributed by atoms with Crippen molar-refractivity contribution in [1.29, 1.82) is 0 Å². The van der Waals surface area contributed by atoms with E-state index in [4.69, 9.17) is 0 Å². The van der Waals surface area contributed by atoms with Crippen LogP contribution in [0.5, 0.6) is 0 Å². The fourth-order valence-electron chi connectivity index (χ4n) is 2.80. The van der Waals surface area contributed by atoms with Gasteiger partial charge < -0.3 is 20.6 Å². The van der Waals surface area contributed by atoms with E-state index in [9.17, 15) is 20.1 Å². The van der Waals surface area contributed by atoms with Gasteiger partial charge >= 0.3 is 0 Å². The predicted molar refractivity (Wildman–Crippen MR) is 64.8 cm³/mol. The average molecular weight is 258 g/mol. The highest BCUT2D eigenvalue weighted by Gasteiger charge is 2.48. The Morgan fingerprint density at radius 1 is 1.28 bits per heavy atom. The zero-order valence-electron chi connectivity index (χ0n) is 10.8. The Balaban J connectivity index is 2.04. The van der Waals surface area contributed by atoms with Crippen LogP contribution in [-0.2, 0) is 4.79 Å². The number of piperidine rings is 1. The highest BCUT2D eigenvalue weighted by atomic mass is 16.3. The summed E-state index contributed by atoms with van der Waals surface area (Å²) in [5.74, 6) is -0.291. The van der Waals surface area contributed by atoms with Gasteiger partial charge in [0.2, 0.25) is 5.91 Å². The lowest BCUT2D eigenvalue weighted by Gasteiger charge is -2.43. The molecule has 0 radical (unpaired) electrons. The lowest BCUT2D eigenvalue weighted by molar-refractivity contribution is -0.132. The summed E-state index contributed by atoms with van der Waals surface area (Å²) in [5.41, 5.74) is 0. The topological polar surface area (TPSA) is 93.0 Å². The molecule has 2 aliphatic heterocycles. The summed E-state index contributed by atoms with van der Waals surface area (Å²) in [6.45, 7) is 4.72. The third-order valence-electron chi connectivity index (χ3n) is 3.92. The second-order valence-electron chi connectivity index (χ2n) is 5.59. The normalized spacial score (nSPS) is 40.9. The van der Waals surface area contributed by atoms with Crippen LogP contribution >= 0.6 is 0 Å². The molecule has 6 nitrogen and oxygen atoms in total. The van der Waals surface area contributed by atoms with Gasteiger partial charge in [0.05, 0.1) is 24.3 Å². The molecule has 18 heavy (non-hydrogen) atoms. The molecule has 5 unspecified atom stereocenters. The van der Waals surface area contributed by atoms with E-state index in [0.717, 1.165) is 0 Å². The van der Waals surface area contributed by atoms with Crippen LogP contribution in [-0.4, -0.2) is 69.6 Å². The van der Waals surface area contributed by atoms with E-state index in [0.29, 0.717) is 19.5 Å². The molecule has 0 spiro atoms. The molecule has 104 valence electrons. The Morgan fingerprint density at radius 2 is 1.94 bits per heavy atom. The number of aliphatic hydroxyl groups excluding tert-OH is 3. The van der Waals surface area contributed by atoms with Crippen molar-refractivity contribution in [2.45, 2.75) is 50.7 Å². The number of hydrogen-bond donors (Lipinski definition) is 4. The third-order valence-corrected chi connectivity index (χ3v) is 3.92. The van der Waals surface area contributed by atoms with Crippen molar-refractivity contribution in [2.24, 2.45) is 5.92 Å². The first kappa shape index (κ1) is 13.7. The molecule has 0 aromatic carbocycles. The van der Waals surface area contributed by atoms with Crippen molar-refractivity contribution in [1.82, 2.24) is 10.2 Å². The van der Waals surface area contributed by atoms with Crippen LogP contribution in [0.25, 0.3) is 0 Å². The minimum absolute atomic E-state index is 0.135. The monoisotopic (exact) mass is 258 g/mol. The van der Waals surface area contributed by atoms with Crippen molar-refractivity contribution in [3.8, 4) is 0 Å². The summed E-state index contributed by atoms with van der Waals surface area (Å²) < 4.78 is 0. The maximum atomic E-state index is 11.6. The number of amides is 1. The van der Waals surface area contributed by atoms with Crippen molar-refractivity contribution in [3.63, 3.8) is 0 Å². The number of fused-ring (bicyclic) bond motifs is 1. The van der Waals surface area contributed by atoms with Gasteiger partial charge in [0, 0.05) is 19.0 Å². The first-order valence-corrected chi connectivity index (χ1v) is 6.50. The molecule has 0 aromatic heterocycles. The molecule has 2 heterocycles. The number of carbonyl (C=O) groups is 1. The minimum Gasteiger partial charge on any atom is -0.391 e. The van der Waals surface area contributed by atoms with E-state index in [1.165, 1.54) is 0 Å². The Hall–Kier alpha value is -0.690. The largest absolute Gasteiger partial charge is 0.391 e. The molecular formula is C12H22N2O4. The SMILES string of the molecule is CC(C)C(=O)NC1CN2CCC(O)C2C(O)C1O. The first-order chi connectivity index (χ1) is 8.41. The standard InChI is InChI=1S/C12H22N2O4/c1-6(2)12(18)13-7-5-14-4-3-8(15)9(14)11(17)10(7)16/h6-11,15-17H,3-5H2,1-2H3,(H,13,18). The summed E-state index contributed by atoms with van der Waals surface area (Å²) >= 11 is 0. The van der Waals surface area contributed by atoms with E-state index in [1.54, 1.807) is 13.8 Å². The molecule has 2 saturated heterocycles. The molecule has 1 amide bonds. The molecular weight excluding hydrogens is 236 g/mol. The Morgan fingerprint density at radius 3 is 2.56 bits per heavy atom. The second-order valence-corrected chi connectivity index (χ2v) is 5.59. The van der Waals surface area contributed by atoms with Gasteiger partial charge in [-0.1, -0.05) is 13.8 Å². The summed E-state index contributed by atoms with van der Waals surface area (Å²) in [5, 5.41) is 32.6. The van der Waals surface area contributed by atoms with Crippen LogP contribution in [0, 0.1) is 5.92 Å². The number of rotatable bonds is 2. The van der Waals surface area contributed by atoms with Crippen LogP contribution < -0.4 is 5.32 Å². The maximum Gasteiger partial charge on any atom is 0.222 e. The van der Waals surface area contributed by atoms with Gasteiger partial charge in [-0.3, -0.25) is 9.69 Å². The van der Waals surface area contributed by atoms with Crippen molar-refractivity contribution in [3.05, 3.63) is 0 Å². The fourth-order valence-corrected chi connectivity index (χ4v) is 2.80. The third kappa shape index (κ3) is 2.38. The Bertz CT molecular complexity index is 323. The van der Waals surface area contributed by atoms with E-state index in [2.05, 4.69) is 5.32 Å². The van der Waals surface area contributed by atoms with Crippen molar-refractivity contribution < 1.29 is 20.1 Å². The number of nitrogens with one attached hydrogen (secondary N) is 1. The summed E-state index contributed by atoms with van der Waals surface area (Å²) in [7, 11) is 0. The average Bonchev–Trinajstić information content (AvgIpc) is 2.67. The van der Waals surface area contributed by atoms with Crippen LogP contribution in [0.4, 0.5) is 0 Å². The fraction of sp³-hybridized carbons (Fsp3) is 0.917. The zero-order valence-corrected chi connectivity index (χ0v) is 10.8. The number of carbonyl (C=O) groups excluding carboxylic acids is 1. The molecule has 2 fully saturated rings. The van der Waals surface area contributed by atoms with Gasteiger partial charge in [-0.15, -0.1) is 0 Å². The van der Waals surface area contributed by atoms with Crippen LogP contribution in [0.3, 0.4) is 0 Å². The van der Waals surface area contributed by atoms with E-state index >= 15 is 0 Å². The molecule has 0 aromatic rings. The molecule has 6 heteroatoms. The van der Waals surface area contributed by atoms with E-state index < -0.39 is 30.4 Å². The van der Waals surface area contributed by atoms with Crippen LogP contribution in [0.15, 0.2) is 0 Å². The molecule has 5 atom stereocenters. The second kappa shape index (κ2) is 5.13. The minimum atomic E-state index is -1.03. The van der Waals surface area contributed by atoms with Crippen LogP contribution in [0.1, 0.15) is 20.3 Å². The predicted octanol–water partition coefficient (Wildman–Crippen LogP) is -1.70. The highest BCUT2D eigenvalue weighted by Crippen LogP contribution is 2.28. The van der Waals surface area contributed by atoms with Crippen molar-refractivity contribution >= 4 is 5.91 Å². The summed E-state index contributed by atoms with van der Waals surface area (Å²) in [6.07, 6.45) is -2.05. The number of hydrogen-bond acceptors (Lipinski definition) is 5. The Labute approximate surface area is 107 Å². The van der Waals surface area contributed by atoms with E-state index in [-0.39, 0.29) is 11.8 Å². The zero-order chi connectivity index (χ0) is 13.4. The quantitative estimate of drug-likeness (QED) is 0.474. The number of aliphatic hydroxyl groups is 3. The lowest BCUT2D eigenvalue weighted by atomic mass is 9.91. The molecule has 2 rings (SSSR count).